The van der Waals surface area contributed by atoms with Gasteiger partial charge in [0.05, 0.1) is 18.1 Å². The number of nitrogens with zero attached hydrogens (tertiary/aromatic N) is 2. The molecular formula is C11H17N3O. The van der Waals surface area contributed by atoms with Gasteiger partial charge in [0.25, 0.3) is 0 Å². The minimum atomic E-state index is 0.534. The van der Waals surface area contributed by atoms with Crippen LogP contribution in [0.4, 0.5) is 5.69 Å². The van der Waals surface area contributed by atoms with E-state index in [-0.39, 0.29) is 0 Å². The highest BCUT2D eigenvalue weighted by Gasteiger charge is 2.21. The average Bonchev–Trinajstić information content (AvgIpc) is 2.61. The largest absolute Gasteiger partial charge is 0.490 e. The minimum absolute atomic E-state index is 0.534. The van der Waals surface area contributed by atoms with Gasteiger partial charge >= 0.3 is 0 Å². The Bertz CT molecular complexity index is 329. The third-order valence-corrected chi connectivity index (χ3v) is 2.85. The first-order chi connectivity index (χ1) is 7.25. The molecule has 1 atom stereocenters. The monoisotopic (exact) mass is 207 g/mol. The number of nitrogens with two attached hydrogens (primary N) is 1. The standard InChI is InChI=1S/C11H17N3O/c1-14-4-2-3-10(14)8-15-11-5-9(12)6-13-7-11/h5-7,10H,2-4,8,12H2,1H3/t10-/m0/s1. The maximum Gasteiger partial charge on any atom is 0.139 e. The summed E-state index contributed by atoms with van der Waals surface area (Å²) in [5.74, 6) is 0.760. The molecule has 0 aliphatic carbocycles. The molecule has 2 rings (SSSR count). The van der Waals surface area contributed by atoms with Crippen molar-refractivity contribution in [3.05, 3.63) is 18.5 Å². The van der Waals surface area contributed by atoms with E-state index in [2.05, 4.69) is 16.9 Å². The highest BCUT2D eigenvalue weighted by molar-refractivity contribution is 5.39. The summed E-state index contributed by atoms with van der Waals surface area (Å²) in [6.45, 7) is 1.89. The molecule has 0 aromatic carbocycles. The van der Waals surface area contributed by atoms with Crippen molar-refractivity contribution < 1.29 is 4.74 Å². The summed E-state index contributed by atoms with van der Waals surface area (Å²) in [6, 6.07) is 2.34. The Morgan fingerprint density at radius 3 is 3.13 bits per heavy atom. The second-order valence-electron chi connectivity index (χ2n) is 4.04. The van der Waals surface area contributed by atoms with Crippen LogP contribution in [-0.2, 0) is 0 Å². The second kappa shape index (κ2) is 4.49. The molecule has 2 N–H and O–H groups in total. The number of nitrogen functional groups attached to an aromatic ring is 1. The number of likely N-dealkylation sites (N-methyl/N-ethyl adjacent to an activating group) is 1. The fraction of sp³-hybridized carbons (Fsp3) is 0.545. The molecule has 1 aliphatic rings. The van der Waals surface area contributed by atoms with Crippen LogP contribution in [0.25, 0.3) is 0 Å². The van der Waals surface area contributed by atoms with E-state index in [9.17, 15) is 0 Å². The smallest absolute Gasteiger partial charge is 0.139 e. The highest BCUT2D eigenvalue weighted by atomic mass is 16.5. The molecular weight excluding hydrogens is 190 g/mol. The van der Waals surface area contributed by atoms with Gasteiger partial charge < -0.3 is 15.4 Å². The van der Waals surface area contributed by atoms with Gasteiger partial charge in [0.15, 0.2) is 0 Å². The van der Waals surface area contributed by atoms with Gasteiger partial charge in [-0.3, -0.25) is 4.98 Å². The molecule has 4 nitrogen and oxygen atoms in total. The molecule has 0 saturated carbocycles. The third-order valence-electron chi connectivity index (χ3n) is 2.85. The lowest BCUT2D eigenvalue weighted by atomic mass is 10.2. The molecule has 1 aromatic rings. The molecule has 0 bridgehead atoms. The summed E-state index contributed by atoms with van der Waals surface area (Å²) < 4.78 is 5.66. The first-order valence-electron chi connectivity index (χ1n) is 5.29. The SMILES string of the molecule is CN1CCC[C@H]1COc1cncc(N)c1. The van der Waals surface area contributed by atoms with Crippen molar-refractivity contribution in [3.8, 4) is 5.75 Å². The van der Waals surface area contributed by atoms with E-state index >= 15 is 0 Å². The van der Waals surface area contributed by atoms with Crippen molar-refractivity contribution in [3.63, 3.8) is 0 Å². The van der Waals surface area contributed by atoms with E-state index < -0.39 is 0 Å². The van der Waals surface area contributed by atoms with Crippen LogP contribution in [0.15, 0.2) is 18.5 Å². The molecule has 0 amide bonds. The van der Waals surface area contributed by atoms with Crippen molar-refractivity contribution in [2.45, 2.75) is 18.9 Å². The Hall–Kier alpha value is -1.29. The lowest BCUT2D eigenvalue weighted by Crippen LogP contribution is -2.30. The van der Waals surface area contributed by atoms with Crippen LogP contribution >= 0.6 is 0 Å². The number of hydrogen-bond acceptors (Lipinski definition) is 4. The summed E-state index contributed by atoms with van der Waals surface area (Å²) in [4.78, 5) is 6.32. The van der Waals surface area contributed by atoms with E-state index in [0.29, 0.717) is 11.7 Å². The summed E-state index contributed by atoms with van der Waals surface area (Å²) in [6.07, 6.45) is 5.80. The topological polar surface area (TPSA) is 51.4 Å². The Morgan fingerprint density at radius 2 is 2.47 bits per heavy atom. The van der Waals surface area contributed by atoms with Gasteiger partial charge in [0.1, 0.15) is 12.4 Å². The van der Waals surface area contributed by atoms with Gasteiger partial charge in [-0.1, -0.05) is 0 Å². The zero-order valence-corrected chi connectivity index (χ0v) is 9.02. The summed E-state index contributed by atoms with van der Waals surface area (Å²) in [5.41, 5.74) is 6.26. The van der Waals surface area contributed by atoms with E-state index in [1.807, 2.05) is 6.07 Å². The molecule has 1 aliphatic heterocycles. The quantitative estimate of drug-likeness (QED) is 0.807. The van der Waals surface area contributed by atoms with Gasteiger partial charge in [-0.2, -0.15) is 0 Å². The molecule has 0 spiro atoms. The van der Waals surface area contributed by atoms with Crippen molar-refractivity contribution in [2.75, 3.05) is 25.9 Å². The summed E-state index contributed by atoms with van der Waals surface area (Å²) in [5, 5.41) is 0. The molecule has 4 heteroatoms. The Labute approximate surface area is 90.0 Å². The summed E-state index contributed by atoms with van der Waals surface area (Å²) in [7, 11) is 2.14. The first-order valence-corrected chi connectivity index (χ1v) is 5.29. The van der Waals surface area contributed by atoms with Crippen molar-refractivity contribution in [1.82, 2.24) is 9.88 Å². The fourth-order valence-electron chi connectivity index (χ4n) is 1.90. The zero-order valence-electron chi connectivity index (χ0n) is 9.02. The van der Waals surface area contributed by atoms with Crippen LogP contribution < -0.4 is 10.5 Å². The Kier molecular flexibility index (Phi) is 3.06. The third kappa shape index (κ3) is 2.59. The van der Waals surface area contributed by atoms with Gasteiger partial charge in [-0.25, -0.2) is 0 Å². The van der Waals surface area contributed by atoms with E-state index in [4.69, 9.17) is 10.5 Å². The van der Waals surface area contributed by atoms with Crippen LogP contribution in [0, 0.1) is 0 Å². The van der Waals surface area contributed by atoms with E-state index in [1.54, 1.807) is 12.4 Å². The van der Waals surface area contributed by atoms with Gasteiger partial charge in [0.2, 0.25) is 0 Å². The van der Waals surface area contributed by atoms with Crippen LogP contribution in [0.5, 0.6) is 5.75 Å². The molecule has 0 unspecified atom stereocenters. The predicted molar refractivity (Wildman–Crippen MR) is 59.8 cm³/mol. The number of likely N-dealkylation sites (tertiary alicyclic amines) is 1. The molecule has 1 fully saturated rings. The molecule has 15 heavy (non-hydrogen) atoms. The van der Waals surface area contributed by atoms with Gasteiger partial charge in [-0.15, -0.1) is 0 Å². The number of pyridine rings is 1. The molecule has 1 aromatic heterocycles. The molecule has 1 saturated heterocycles. The lowest BCUT2D eigenvalue weighted by molar-refractivity contribution is 0.198. The molecule has 82 valence electrons. The highest BCUT2D eigenvalue weighted by Crippen LogP contribution is 2.17. The van der Waals surface area contributed by atoms with Crippen LogP contribution in [0.1, 0.15) is 12.8 Å². The maximum atomic E-state index is 5.66. The fourth-order valence-corrected chi connectivity index (χ4v) is 1.90. The average molecular weight is 207 g/mol. The number of rotatable bonds is 3. The molecule has 0 radical (unpaired) electrons. The van der Waals surface area contributed by atoms with Crippen LogP contribution in [0.2, 0.25) is 0 Å². The number of aromatic nitrogens is 1. The Balaban J connectivity index is 1.87. The van der Waals surface area contributed by atoms with Crippen LogP contribution in [0.3, 0.4) is 0 Å². The number of hydrogen-bond donors (Lipinski definition) is 1. The van der Waals surface area contributed by atoms with Crippen molar-refractivity contribution in [2.24, 2.45) is 0 Å². The van der Waals surface area contributed by atoms with E-state index in [0.717, 1.165) is 12.4 Å². The number of ether oxygens (including phenoxy) is 1. The minimum Gasteiger partial charge on any atom is -0.490 e. The first kappa shape index (κ1) is 10.2. The predicted octanol–water partition coefficient (Wildman–Crippen LogP) is 1.14. The normalized spacial score (nSPS) is 21.8. The van der Waals surface area contributed by atoms with Crippen LogP contribution in [-0.4, -0.2) is 36.1 Å². The van der Waals surface area contributed by atoms with Gasteiger partial charge in [-0.05, 0) is 26.4 Å². The number of anilines is 1. The molecule has 2 heterocycles. The van der Waals surface area contributed by atoms with E-state index in [1.165, 1.54) is 19.4 Å². The summed E-state index contributed by atoms with van der Waals surface area (Å²) >= 11 is 0. The lowest BCUT2D eigenvalue weighted by Gasteiger charge is -2.19. The van der Waals surface area contributed by atoms with Gasteiger partial charge in [0, 0.05) is 12.1 Å². The van der Waals surface area contributed by atoms with Crippen molar-refractivity contribution in [1.29, 1.82) is 0 Å². The zero-order chi connectivity index (χ0) is 10.7. The van der Waals surface area contributed by atoms with Crippen molar-refractivity contribution >= 4 is 5.69 Å². The maximum absolute atomic E-state index is 5.66. The second-order valence-corrected chi connectivity index (χ2v) is 4.04. The Morgan fingerprint density at radius 1 is 1.60 bits per heavy atom.